The van der Waals surface area contributed by atoms with Gasteiger partial charge in [-0.2, -0.15) is 0 Å². The first kappa shape index (κ1) is 9.05. The Labute approximate surface area is 71.1 Å². The van der Waals surface area contributed by atoms with Gasteiger partial charge in [-0.1, -0.05) is 0 Å². The minimum Gasteiger partial charge on any atom is -0.384 e. The summed E-state index contributed by atoms with van der Waals surface area (Å²) >= 11 is 0. The molecule has 1 rings (SSSR count). The molecule has 1 heterocycles. The number of sulfone groups is 1. The zero-order chi connectivity index (χ0) is 9.35. The van der Waals surface area contributed by atoms with Gasteiger partial charge in [-0.25, -0.2) is 13.4 Å². The number of aromatic nitrogens is 2. The lowest BCUT2D eigenvalue weighted by atomic mass is 10.7. The molecule has 12 heavy (non-hydrogen) atoms. The summed E-state index contributed by atoms with van der Waals surface area (Å²) in [5, 5.41) is 0.0301. The fraction of sp³-hybridized carbons (Fsp3) is 0.500. The SMILES string of the molecule is CCn1c(N)cnc1S(C)(=O)=O. The lowest BCUT2D eigenvalue weighted by Gasteiger charge is -2.03. The van der Waals surface area contributed by atoms with E-state index >= 15 is 0 Å². The standard InChI is InChI=1S/C6H11N3O2S/c1-3-9-5(7)4-8-6(9)12(2,10)11/h4H,3,7H2,1-2H3. The molecule has 0 aromatic carbocycles. The minimum absolute atomic E-state index is 0.0301. The number of rotatable bonds is 2. The van der Waals surface area contributed by atoms with Crippen molar-refractivity contribution in [2.75, 3.05) is 12.0 Å². The maximum absolute atomic E-state index is 11.1. The Bertz CT molecular complexity index is 379. The van der Waals surface area contributed by atoms with Crippen LogP contribution in [0.1, 0.15) is 6.92 Å². The highest BCUT2D eigenvalue weighted by Crippen LogP contribution is 2.11. The van der Waals surface area contributed by atoms with Gasteiger partial charge >= 0.3 is 0 Å². The highest BCUT2D eigenvalue weighted by Gasteiger charge is 2.15. The van der Waals surface area contributed by atoms with Crippen molar-refractivity contribution in [3.05, 3.63) is 6.20 Å². The van der Waals surface area contributed by atoms with Crippen molar-refractivity contribution in [3.63, 3.8) is 0 Å². The number of nitrogens with two attached hydrogens (primary N) is 1. The van der Waals surface area contributed by atoms with E-state index in [0.29, 0.717) is 12.4 Å². The third-order valence-corrected chi connectivity index (χ3v) is 2.49. The van der Waals surface area contributed by atoms with Gasteiger partial charge in [0.05, 0.1) is 6.20 Å². The number of nitrogen functional groups attached to an aromatic ring is 1. The monoisotopic (exact) mass is 189 g/mol. The molecule has 5 nitrogen and oxygen atoms in total. The van der Waals surface area contributed by atoms with Crippen molar-refractivity contribution in [2.24, 2.45) is 0 Å². The Kier molecular flexibility index (Phi) is 2.10. The molecule has 0 fully saturated rings. The number of hydrogen-bond acceptors (Lipinski definition) is 4. The molecular formula is C6H11N3O2S. The molecule has 0 spiro atoms. The third-order valence-electron chi connectivity index (χ3n) is 1.50. The van der Waals surface area contributed by atoms with Gasteiger partial charge in [0.25, 0.3) is 0 Å². The second-order valence-corrected chi connectivity index (χ2v) is 4.39. The fourth-order valence-electron chi connectivity index (χ4n) is 0.985. The van der Waals surface area contributed by atoms with Gasteiger partial charge in [-0.05, 0) is 6.92 Å². The zero-order valence-electron chi connectivity index (χ0n) is 6.98. The molecule has 0 saturated heterocycles. The molecule has 0 aliphatic heterocycles. The average molecular weight is 189 g/mol. The lowest BCUT2D eigenvalue weighted by molar-refractivity contribution is 0.576. The Morgan fingerprint density at radius 1 is 1.67 bits per heavy atom. The van der Waals surface area contributed by atoms with Crippen molar-refractivity contribution < 1.29 is 8.42 Å². The van der Waals surface area contributed by atoms with Crippen molar-refractivity contribution in [2.45, 2.75) is 18.6 Å². The van der Waals surface area contributed by atoms with E-state index in [1.807, 2.05) is 6.92 Å². The van der Waals surface area contributed by atoms with E-state index in [2.05, 4.69) is 4.98 Å². The first-order valence-electron chi connectivity index (χ1n) is 3.48. The van der Waals surface area contributed by atoms with E-state index in [-0.39, 0.29) is 5.16 Å². The summed E-state index contributed by atoms with van der Waals surface area (Å²) in [6.45, 7) is 2.32. The molecule has 0 atom stereocenters. The predicted molar refractivity (Wildman–Crippen MR) is 45.4 cm³/mol. The first-order valence-corrected chi connectivity index (χ1v) is 5.37. The summed E-state index contributed by atoms with van der Waals surface area (Å²) in [4.78, 5) is 3.71. The lowest BCUT2D eigenvalue weighted by Crippen LogP contribution is -2.10. The molecule has 0 aliphatic rings. The second-order valence-electron chi connectivity index (χ2n) is 2.48. The van der Waals surface area contributed by atoms with Crippen molar-refractivity contribution in [1.29, 1.82) is 0 Å². The van der Waals surface area contributed by atoms with E-state index in [1.54, 1.807) is 0 Å². The van der Waals surface area contributed by atoms with Crippen LogP contribution in [0.4, 0.5) is 5.82 Å². The van der Waals surface area contributed by atoms with Crippen molar-refractivity contribution >= 4 is 15.7 Å². The smallest absolute Gasteiger partial charge is 0.228 e. The third kappa shape index (κ3) is 1.42. The van der Waals surface area contributed by atoms with Gasteiger partial charge in [-0.15, -0.1) is 0 Å². The summed E-state index contributed by atoms with van der Waals surface area (Å²) in [5.74, 6) is 0.373. The maximum atomic E-state index is 11.1. The van der Waals surface area contributed by atoms with Crippen LogP contribution in [0.15, 0.2) is 11.4 Å². The van der Waals surface area contributed by atoms with E-state index in [9.17, 15) is 8.42 Å². The van der Waals surface area contributed by atoms with Gasteiger partial charge in [0.15, 0.2) is 0 Å². The second kappa shape index (κ2) is 2.78. The Balaban J connectivity index is 3.36. The van der Waals surface area contributed by atoms with Crippen LogP contribution in [-0.2, 0) is 16.4 Å². The number of anilines is 1. The Morgan fingerprint density at radius 3 is 2.58 bits per heavy atom. The predicted octanol–water partition coefficient (Wildman–Crippen LogP) is -0.111. The number of nitrogens with zero attached hydrogens (tertiary/aromatic N) is 2. The van der Waals surface area contributed by atoms with Crippen molar-refractivity contribution in [3.8, 4) is 0 Å². The number of imidazole rings is 1. The van der Waals surface area contributed by atoms with Gasteiger partial charge in [0.2, 0.25) is 15.0 Å². The van der Waals surface area contributed by atoms with Crippen LogP contribution in [0.5, 0.6) is 0 Å². The van der Waals surface area contributed by atoms with Crippen molar-refractivity contribution in [1.82, 2.24) is 9.55 Å². The first-order chi connectivity index (χ1) is 5.46. The molecule has 1 aromatic heterocycles. The molecule has 6 heteroatoms. The molecule has 0 saturated carbocycles. The summed E-state index contributed by atoms with van der Waals surface area (Å²) in [7, 11) is -3.25. The zero-order valence-corrected chi connectivity index (χ0v) is 7.80. The molecular weight excluding hydrogens is 178 g/mol. The van der Waals surface area contributed by atoms with Crippen LogP contribution < -0.4 is 5.73 Å². The van der Waals surface area contributed by atoms with Crippen LogP contribution in [0.2, 0.25) is 0 Å². The van der Waals surface area contributed by atoms with E-state index < -0.39 is 9.84 Å². The summed E-state index contributed by atoms with van der Waals surface area (Å²) in [6.07, 6.45) is 2.46. The van der Waals surface area contributed by atoms with Gasteiger partial charge in [0.1, 0.15) is 5.82 Å². The van der Waals surface area contributed by atoms with Crippen LogP contribution in [0, 0.1) is 0 Å². The average Bonchev–Trinajstić information content (AvgIpc) is 2.29. The largest absolute Gasteiger partial charge is 0.384 e. The van der Waals surface area contributed by atoms with Gasteiger partial charge in [-0.3, -0.25) is 0 Å². The maximum Gasteiger partial charge on any atom is 0.228 e. The molecule has 0 radical (unpaired) electrons. The van der Waals surface area contributed by atoms with Crippen LogP contribution in [-0.4, -0.2) is 24.2 Å². The molecule has 0 aliphatic carbocycles. The van der Waals surface area contributed by atoms with Gasteiger partial charge < -0.3 is 10.3 Å². The van der Waals surface area contributed by atoms with E-state index in [1.165, 1.54) is 10.8 Å². The van der Waals surface area contributed by atoms with Crippen LogP contribution >= 0.6 is 0 Å². The van der Waals surface area contributed by atoms with Crippen LogP contribution in [0.25, 0.3) is 0 Å². The minimum atomic E-state index is -3.25. The molecule has 0 amide bonds. The number of hydrogen-bond donors (Lipinski definition) is 1. The van der Waals surface area contributed by atoms with E-state index in [4.69, 9.17) is 5.73 Å². The molecule has 0 bridgehead atoms. The highest BCUT2D eigenvalue weighted by atomic mass is 32.2. The molecule has 68 valence electrons. The molecule has 1 aromatic rings. The molecule has 0 unspecified atom stereocenters. The summed E-state index contributed by atoms with van der Waals surface area (Å²) in [6, 6.07) is 0. The fourth-order valence-corrected chi connectivity index (χ4v) is 1.86. The topological polar surface area (TPSA) is 78.0 Å². The van der Waals surface area contributed by atoms with Gasteiger partial charge in [0, 0.05) is 12.8 Å². The van der Waals surface area contributed by atoms with E-state index in [0.717, 1.165) is 6.26 Å². The Hall–Kier alpha value is -1.04. The normalized spacial score (nSPS) is 11.8. The van der Waals surface area contributed by atoms with Crippen LogP contribution in [0.3, 0.4) is 0 Å². The summed E-state index contributed by atoms with van der Waals surface area (Å²) < 4.78 is 23.6. The summed E-state index contributed by atoms with van der Waals surface area (Å²) in [5.41, 5.74) is 5.48. The highest BCUT2D eigenvalue weighted by molar-refractivity contribution is 7.90. The molecule has 2 N–H and O–H groups in total. The Morgan fingerprint density at radius 2 is 2.25 bits per heavy atom. The quantitative estimate of drug-likeness (QED) is 0.704.